The fourth-order valence-electron chi connectivity index (χ4n) is 21.4. The number of benzene rings is 10. The number of nitrogens with zero attached hydrogens (tertiary/aromatic N) is 4. The first kappa shape index (κ1) is 85.9. The van der Waals surface area contributed by atoms with E-state index in [2.05, 4.69) is 319 Å². The number of methoxy groups -OCH3 is 4. The van der Waals surface area contributed by atoms with Crippen LogP contribution in [0.15, 0.2) is 316 Å². The van der Waals surface area contributed by atoms with Gasteiger partial charge in [0.15, 0.2) is 0 Å². The Labute approximate surface area is 755 Å². The van der Waals surface area contributed by atoms with Crippen molar-refractivity contribution in [3.63, 3.8) is 0 Å². The molecule has 648 valence electrons. The molecule has 12 heteroatoms. The Morgan fingerprint density at radius 2 is 0.305 bits per heavy atom. The molecule has 0 atom stereocenters. The summed E-state index contributed by atoms with van der Waals surface area (Å²) in [7, 11) is 6.75. The van der Waals surface area contributed by atoms with Crippen LogP contribution in [-0.4, -0.2) is 75.5 Å². The summed E-state index contributed by atoms with van der Waals surface area (Å²) in [5.41, 5.74) is 29.7. The standard InChI is InChI=1S/C116H116N4O8/c1-109-57-61-111(3,62-58-109)99-41-21-89(22-42-99)93-33-53-105(117-73-93)106-54-34-94(74-118-106)90-23-43-100(44-24-90)112(4)63-59-110(2,60-64-112)98-39-19-86(20-40-98)82-11-15-84(16-12-82)88-27-47-102(48-28-88)114(126-78-122-6)67-71-116(72-68-114,128-80-124-8)104-51-31-92(32-52-104)96-36-56-108(120-76-96)107-55-35-95(75-119-107)91-29-49-103(50-30-91)115(127-79-123-7)69-65-113(66-70-115,125-77-121-5)101-45-25-87(26-46-101)83-13-9-81(10-14-83)85-17-37-97(109)38-18-85/h9-56,73-76H,57-72,77-80H2,1-8H3. The van der Waals surface area contributed by atoms with Gasteiger partial charge in [-0.25, -0.2) is 0 Å². The highest BCUT2D eigenvalue weighted by Gasteiger charge is 2.49. The van der Waals surface area contributed by atoms with E-state index in [1.54, 1.807) is 28.4 Å². The van der Waals surface area contributed by atoms with Crippen LogP contribution in [0.25, 0.3) is 112 Å². The van der Waals surface area contributed by atoms with E-state index in [4.69, 9.17) is 57.8 Å². The van der Waals surface area contributed by atoms with E-state index in [1.165, 1.54) is 66.8 Å². The zero-order valence-corrected chi connectivity index (χ0v) is 75.2. The lowest BCUT2D eigenvalue weighted by Gasteiger charge is -2.46. The lowest BCUT2D eigenvalue weighted by molar-refractivity contribution is -0.203. The summed E-state index contributed by atoms with van der Waals surface area (Å²) in [4.78, 5) is 19.8. The Bertz CT molecular complexity index is 5700. The second-order valence-electron chi connectivity index (χ2n) is 37.9. The van der Waals surface area contributed by atoms with Crippen LogP contribution < -0.4 is 0 Å². The van der Waals surface area contributed by atoms with Gasteiger partial charge in [-0.1, -0.05) is 295 Å². The van der Waals surface area contributed by atoms with Crippen LogP contribution in [0.2, 0.25) is 0 Å². The van der Waals surface area contributed by atoms with E-state index in [9.17, 15) is 0 Å². The molecule has 6 aliphatic heterocycles. The molecule has 0 saturated heterocycles. The molecule has 0 spiro atoms. The van der Waals surface area contributed by atoms with Gasteiger partial charge in [0, 0.05) is 75.5 Å². The maximum absolute atomic E-state index is 6.77. The molecule has 128 heavy (non-hydrogen) atoms. The minimum Gasteiger partial charge on any atom is -0.359 e. The van der Waals surface area contributed by atoms with Crippen molar-refractivity contribution in [3.8, 4) is 112 Å². The molecule has 0 N–H and O–H groups in total. The fraction of sp³-hybridized carbons (Fsp3) is 0.310. The first-order valence-electron chi connectivity index (χ1n) is 45.9. The first-order valence-corrected chi connectivity index (χ1v) is 45.9. The fourth-order valence-corrected chi connectivity index (χ4v) is 21.4. The van der Waals surface area contributed by atoms with Gasteiger partial charge in [0.1, 0.15) is 27.2 Å². The van der Waals surface area contributed by atoms with Gasteiger partial charge in [-0.05, 0) is 260 Å². The largest absolute Gasteiger partial charge is 0.359 e. The number of hydrogen-bond acceptors (Lipinski definition) is 12. The van der Waals surface area contributed by atoms with Gasteiger partial charge in [0.25, 0.3) is 0 Å². The maximum atomic E-state index is 6.77. The second kappa shape index (κ2) is 36.2. The Balaban J connectivity index is 0.555. The van der Waals surface area contributed by atoms with E-state index >= 15 is 0 Å². The number of hydrogen-bond donors (Lipinski definition) is 0. The van der Waals surface area contributed by atoms with Crippen LogP contribution in [0.4, 0.5) is 0 Å². The minimum atomic E-state index is -0.591. The normalized spacial score (nSPS) is 23.8. The molecule has 26 aliphatic carbocycles. The van der Waals surface area contributed by atoms with Gasteiger partial charge in [-0.2, -0.15) is 0 Å². The topological polar surface area (TPSA) is 125 Å². The van der Waals surface area contributed by atoms with Gasteiger partial charge in [-0.15, -0.1) is 0 Å². The highest BCUT2D eigenvalue weighted by molar-refractivity contribution is 5.75. The average Bonchev–Trinajstić information content (AvgIpc) is 0.757. The van der Waals surface area contributed by atoms with Crippen molar-refractivity contribution in [2.45, 2.75) is 174 Å². The predicted octanol–water partition coefficient (Wildman–Crippen LogP) is 27.6. The SMILES string of the molecule is COCOC12CCC(OCOC)(CC1)c1ccc(cc1)-c1ccc(nc1)-c1ccc(cn1)-c1ccc(cc1)C1(OCOC)CCC(OCOC)(CC1)c1ccc(cc1)-c1ccc(cc1)-c1ccc(cc1)C1(C)CCC(C)(CC1)c1ccc(cc1)-c1ccc(nc1)-c1ccc(cn1)-c1ccc(cc1)C1(C)CCC(C)(CC1)c1ccc(cc1)-c1ccc(cc1)-c1ccc2cc1. The van der Waals surface area contributed by atoms with Crippen LogP contribution in [0.1, 0.15) is 175 Å². The van der Waals surface area contributed by atoms with E-state index in [0.717, 1.165) is 192 Å². The quantitative estimate of drug-likeness (QED) is 0.108. The zero-order valence-electron chi connectivity index (χ0n) is 75.2. The predicted molar refractivity (Wildman–Crippen MR) is 513 cm³/mol. The Morgan fingerprint density at radius 3 is 0.445 bits per heavy atom. The van der Waals surface area contributed by atoms with Crippen LogP contribution in [-0.2, 0) is 82.0 Å². The van der Waals surface area contributed by atoms with Crippen molar-refractivity contribution in [2.75, 3.05) is 55.6 Å². The molecule has 4 fully saturated rings. The third-order valence-electron chi connectivity index (χ3n) is 30.4. The van der Waals surface area contributed by atoms with E-state index in [-0.39, 0.29) is 48.8 Å². The lowest BCUT2D eigenvalue weighted by atomic mass is 9.60. The van der Waals surface area contributed by atoms with Crippen LogP contribution >= 0.6 is 0 Å². The van der Waals surface area contributed by atoms with Crippen molar-refractivity contribution in [1.82, 2.24) is 19.9 Å². The van der Waals surface area contributed by atoms with Crippen molar-refractivity contribution in [2.24, 2.45) is 0 Å². The van der Waals surface area contributed by atoms with Crippen molar-refractivity contribution >= 4 is 0 Å². The van der Waals surface area contributed by atoms with Gasteiger partial charge in [-0.3, -0.25) is 19.9 Å². The summed E-state index contributed by atoms with van der Waals surface area (Å²) in [5.74, 6) is 0. The molecule has 10 heterocycles. The second-order valence-corrected chi connectivity index (χ2v) is 37.9. The van der Waals surface area contributed by atoms with E-state index < -0.39 is 22.4 Å². The molecular formula is C116H116N4O8. The number of pyridine rings is 4. The minimum absolute atomic E-state index is 0.0985. The highest BCUT2D eigenvalue weighted by Crippen LogP contribution is 2.55. The highest BCUT2D eigenvalue weighted by atomic mass is 16.7. The van der Waals surface area contributed by atoms with Crippen molar-refractivity contribution < 1.29 is 37.9 Å². The summed E-state index contributed by atoms with van der Waals surface area (Å²) in [5, 5.41) is 0. The first-order chi connectivity index (χ1) is 62.4. The summed E-state index contributed by atoms with van der Waals surface area (Å²) >= 11 is 0. The van der Waals surface area contributed by atoms with Crippen molar-refractivity contribution in [1.29, 1.82) is 0 Å². The van der Waals surface area contributed by atoms with Crippen LogP contribution in [0.3, 0.4) is 0 Å². The monoisotopic (exact) mass is 1690 g/mol. The van der Waals surface area contributed by atoms with E-state index in [0.29, 0.717) is 0 Å². The molecule has 12 nitrogen and oxygen atoms in total. The molecule has 4 saturated carbocycles. The maximum Gasteiger partial charge on any atom is 0.147 e. The smallest absolute Gasteiger partial charge is 0.147 e. The summed E-state index contributed by atoms with van der Waals surface area (Å²) < 4.78 is 49.5. The molecule has 10 aromatic carbocycles. The number of aromatic nitrogens is 4. The van der Waals surface area contributed by atoms with Gasteiger partial charge < -0.3 is 37.9 Å². The summed E-state index contributed by atoms with van der Waals surface area (Å²) in [6, 6.07) is 108. The summed E-state index contributed by atoms with van der Waals surface area (Å²) in [6.07, 6.45) is 22.6. The molecule has 46 rings (SSSR count). The lowest BCUT2D eigenvalue weighted by Crippen LogP contribution is -2.43. The molecule has 4 aromatic heterocycles. The molecule has 0 unspecified atom stereocenters. The Kier molecular flexibility index (Phi) is 24.3. The third kappa shape index (κ3) is 17.2. The Hall–Kier alpha value is -11.5. The van der Waals surface area contributed by atoms with Gasteiger partial charge >= 0.3 is 0 Å². The van der Waals surface area contributed by atoms with Crippen LogP contribution in [0.5, 0.6) is 0 Å². The summed E-state index contributed by atoms with van der Waals surface area (Å²) in [6.45, 7) is 10.6. The Morgan fingerprint density at radius 1 is 0.172 bits per heavy atom. The van der Waals surface area contributed by atoms with Gasteiger partial charge in [0.05, 0.1) is 45.2 Å². The van der Waals surface area contributed by atoms with Crippen LogP contribution in [0, 0.1) is 0 Å². The van der Waals surface area contributed by atoms with Gasteiger partial charge in [0.2, 0.25) is 0 Å². The molecule has 0 radical (unpaired) electrons. The number of ether oxygens (including phenoxy) is 8. The molecule has 0 amide bonds. The third-order valence-corrected chi connectivity index (χ3v) is 30.4. The molecular weight excluding hydrogens is 1580 g/mol. The number of rotatable bonds is 12. The average molecular weight is 1690 g/mol. The molecule has 36 bridgehead atoms. The molecule has 32 aliphatic rings. The molecule has 14 aromatic rings. The zero-order chi connectivity index (χ0) is 87.6. The van der Waals surface area contributed by atoms with E-state index in [1.807, 2.05) is 24.8 Å². The van der Waals surface area contributed by atoms with Crippen molar-refractivity contribution in [3.05, 3.63) is 360 Å².